The molecule has 2 atom stereocenters. The van der Waals surface area contributed by atoms with Gasteiger partial charge in [0, 0.05) is 30.8 Å². The summed E-state index contributed by atoms with van der Waals surface area (Å²) in [5.41, 5.74) is -0.231. The van der Waals surface area contributed by atoms with Crippen LogP contribution >= 0.6 is 11.6 Å². The number of hydrogen-bond donors (Lipinski definition) is 4. The highest BCUT2D eigenvalue weighted by molar-refractivity contribution is 6.45. The van der Waals surface area contributed by atoms with Crippen molar-refractivity contribution in [2.45, 2.75) is 43.9 Å². The fourth-order valence-corrected chi connectivity index (χ4v) is 4.53. The van der Waals surface area contributed by atoms with Gasteiger partial charge in [-0.3, -0.25) is 24.8 Å². The van der Waals surface area contributed by atoms with Gasteiger partial charge in [0.25, 0.3) is 0 Å². The number of nitrogens with one attached hydrogen (secondary N) is 3. The van der Waals surface area contributed by atoms with Gasteiger partial charge in [0.15, 0.2) is 5.78 Å². The number of aliphatic hydroxyl groups excluding tert-OH is 1. The third kappa shape index (κ3) is 4.89. The lowest BCUT2D eigenvalue weighted by atomic mass is 10.0. The number of likely N-dealkylation sites (tertiary alicyclic amines) is 1. The number of carbonyl (C=O) groups is 3. The molecule has 1 aromatic heterocycles. The number of carbonyl (C=O) groups excluding carboxylic acids is 3. The molecule has 0 bridgehead atoms. The molecule has 2 amide bonds. The van der Waals surface area contributed by atoms with Crippen molar-refractivity contribution in [3.8, 4) is 0 Å². The second-order valence-corrected chi connectivity index (χ2v) is 9.17. The maximum atomic E-state index is 14.6. The minimum atomic E-state index is -1.13. The van der Waals surface area contributed by atoms with Crippen molar-refractivity contribution >= 4 is 40.6 Å². The van der Waals surface area contributed by atoms with Crippen molar-refractivity contribution in [3.05, 3.63) is 58.6 Å². The Morgan fingerprint density at radius 3 is 2.74 bits per heavy atom. The molecule has 1 aromatic carbocycles. The molecule has 35 heavy (non-hydrogen) atoms. The molecule has 4 rings (SSSR count). The van der Waals surface area contributed by atoms with Crippen LogP contribution in [0, 0.1) is 11.2 Å². The molecule has 0 radical (unpaired) electrons. The molecule has 2 aromatic rings. The van der Waals surface area contributed by atoms with Crippen LogP contribution in [-0.2, 0) is 19.9 Å². The predicted octanol–water partition coefficient (Wildman–Crippen LogP) is 2.01. The van der Waals surface area contributed by atoms with E-state index >= 15 is 0 Å². The number of hydrogen-bond acceptors (Lipinski definition) is 7. The Hall–Kier alpha value is -3.37. The number of anilines is 1. The van der Waals surface area contributed by atoms with Crippen molar-refractivity contribution in [1.82, 2.24) is 15.2 Å². The third-order valence-corrected chi connectivity index (χ3v) is 6.70. The van der Waals surface area contributed by atoms with E-state index in [9.17, 15) is 23.9 Å². The molecule has 1 saturated carbocycles. The number of nitrogens with zero attached hydrogens (tertiary/aromatic N) is 2. The number of aliphatic hydroxyl groups is 1. The summed E-state index contributed by atoms with van der Waals surface area (Å²) in [5, 5.41) is 24.1. The number of benzene rings is 1. The second kappa shape index (κ2) is 9.71. The van der Waals surface area contributed by atoms with Gasteiger partial charge >= 0.3 is 0 Å². The minimum absolute atomic E-state index is 0.0422. The molecule has 2 aliphatic rings. The van der Waals surface area contributed by atoms with Crippen LogP contribution in [-0.4, -0.2) is 63.5 Å². The standard InChI is InChI=1S/C24H25ClFN5O4/c1-13(32)21(27)14-5-9-28-11-17(14)29-12-19(34)31-10-6-18(33)22(31)23(35)30-24(7-8-24)15-3-2-4-16(25)20(15)26/h2-5,9,11,18,22,27,29,33H,6-8,10,12H2,1H3,(H,30,35)/t18-,22+/m1/s1. The van der Waals surface area contributed by atoms with E-state index in [1.165, 1.54) is 36.4 Å². The Kier molecular flexibility index (Phi) is 6.86. The van der Waals surface area contributed by atoms with Gasteiger partial charge in [0.2, 0.25) is 11.8 Å². The molecule has 1 saturated heterocycles. The molecule has 2 heterocycles. The van der Waals surface area contributed by atoms with E-state index < -0.39 is 41.1 Å². The highest BCUT2D eigenvalue weighted by Crippen LogP contribution is 2.47. The van der Waals surface area contributed by atoms with Crippen molar-refractivity contribution in [2.75, 3.05) is 18.4 Å². The fourth-order valence-electron chi connectivity index (χ4n) is 4.36. The van der Waals surface area contributed by atoms with Gasteiger partial charge < -0.3 is 20.6 Å². The molecule has 0 spiro atoms. The lowest BCUT2D eigenvalue weighted by molar-refractivity contribution is -0.139. The Bertz CT molecular complexity index is 1200. The van der Waals surface area contributed by atoms with Crippen LogP contribution in [0.2, 0.25) is 5.02 Å². The molecule has 4 N–H and O–H groups in total. The minimum Gasteiger partial charge on any atom is -0.390 e. The van der Waals surface area contributed by atoms with E-state index in [2.05, 4.69) is 15.6 Å². The molecule has 9 nitrogen and oxygen atoms in total. The summed E-state index contributed by atoms with van der Waals surface area (Å²) in [4.78, 5) is 43.0. The summed E-state index contributed by atoms with van der Waals surface area (Å²) in [6.07, 6.45) is 3.02. The van der Waals surface area contributed by atoms with Gasteiger partial charge in [-0.05, 0) is 31.4 Å². The summed E-state index contributed by atoms with van der Waals surface area (Å²) >= 11 is 5.91. The summed E-state index contributed by atoms with van der Waals surface area (Å²) in [6.45, 7) is 1.20. The highest BCUT2D eigenvalue weighted by Gasteiger charge is 2.51. The molecular weight excluding hydrogens is 477 g/mol. The number of Topliss-reactive ketones (excluding diaryl/α,β-unsaturated/α-hetero) is 1. The van der Waals surface area contributed by atoms with Crippen LogP contribution in [0.3, 0.4) is 0 Å². The summed E-state index contributed by atoms with van der Waals surface area (Å²) in [7, 11) is 0. The first kappa shape index (κ1) is 24.7. The SMILES string of the molecule is CC(=O)C(=N)c1ccncc1NCC(=O)N1CC[C@@H](O)[C@H]1C(=O)NC1(c2cccc(Cl)c2F)CC1. The third-order valence-electron chi connectivity index (χ3n) is 6.41. The van der Waals surface area contributed by atoms with Gasteiger partial charge in [-0.25, -0.2) is 4.39 Å². The Balaban J connectivity index is 1.46. The molecule has 0 unspecified atom stereocenters. The number of pyridine rings is 1. The van der Waals surface area contributed by atoms with E-state index in [1.807, 2.05) is 0 Å². The van der Waals surface area contributed by atoms with Crippen LogP contribution in [0.25, 0.3) is 0 Å². The largest absolute Gasteiger partial charge is 0.390 e. The van der Waals surface area contributed by atoms with E-state index in [1.54, 1.807) is 12.1 Å². The maximum Gasteiger partial charge on any atom is 0.246 e. The van der Waals surface area contributed by atoms with E-state index in [-0.39, 0.29) is 35.8 Å². The highest BCUT2D eigenvalue weighted by atomic mass is 35.5. The average molecular weight is 502 g/mol. The van der Waals surface area contributed by atoms with Crippen molar-refractivity contribution in [3.63, 3.8) is 0 Å². The van der Waals surface area contributed by atoms with Gasteiger partial charge in [-0.2, -0.15) is 0 Å². The monoisotopic (exact) mass is 501 g/mol. The number of amides is 2. The first-order valence-corrected chi connectivity index (χ1v) is 11.5. The number of aromatic nitrogens is 1. The molecule has 1 aliphatic carbocycles. The number of rotatable bonds is 8. The van der Waals surface area contributed by atoms with Crippen LogP contribution < -0.4 is 10.6 Å². The van der Waals surface area contributed by atoms with Crippen molar-refractivity contribution in [2.24, 2.45) is 0 Å². The van der Waals surface area contributed by atoms with Gasteiger partial charge in [0.1, 0.15) is 17.6 Å². The Labute approximate surface area is 206 Å². The van der Waals surface area contributed by atoms with Crippen molar-refractivity contribution in [1.29, 1.82) is 5.41 Å². The van der Waals surface area contributed by atoms with Crippen LogP contribution in [0.4, 0.5) is 10.1 Å². The molecule has 11 heteroatoms. The Morgan fingerprint density at radius 2 is 2.06 bits per heavy atom. The topological polar surface area (TPSA) is 135 Å². The quantitative estimate of drug-likeness (QED) is 0.409. The van der Waals surface area contributed by atoms with Gasteiger partial charge in [0.05, 0.1) is 35.1 Å². The van der Waals surface area contributed by atoms with E-state index in [4.69, 9.17) is 17.0 Å². The van der Waals surface area contributed by atoms with E-state index in [0.29, 0.717) is 24.1 Å². The summed E-state index contributed by atoms with van der Waals surface area (Å²) < 4.78 is 14.6. The average Bonchev–Trinajstić information content (AvgIpc) is 3.50. The van der Waals surface area contributed by atoms with Crippen molar-refractivity contribution < 1.29 is 23.9 Å². The normalized spacial score (nSPS) is 20.3. The van der Waals surface area contributed by atoms with Gasteiger partial charge in [-0.1, -0.05) is 23.7 Å². The molecule has 184 valence electrons. The second-order valence-electron chi connectivity index (χ2n) is 8.77. The van der Waals surface area contributed by atoms with Gasteiger partial charge in [-0.15, -0.1) is 0 Å². The van der Waals surface area contributed by atoms with Crippen LogP contribution in [0.15, 0.2) is 36.7 Å². The Morgan fingerprint density at radius 1 is 1.31 bits per heavy atom. The lowest BCUT2D eigenvalue weighted by Crippen LogP contribution is -2.53. The fraction of sp³-hybridized carbons (Fsp3) is 0.375. The summed E-state index contributed by atoms with van der Waals surface area (Å²) in [6, 6.07) is 4.97. The number of ketones is 1. The molecule has 1 aliphatic heterocycles. The van der Waals surface area contributed by atoms with Crippen LogP contribution in [0.5, 0.6) is 0 Å². The summed E-state index contributed by atoms with van der Waals surface area (Å²) in [5.74, 6) is -2.06. The zero-order chi connectivity index (χ0) is 25.3. The predicted molar refractivity (Wildman–Crippen MR) is 127 cm³/mol. The molecular formula is C24H25ClFN5O4. The number of halogens is 2. The maximum absolute atomic E-state index is 14.6. The first-order chi connectivity index (χ1) is 16.6. The zero-order valence-electron chi connectivity index (χ0n) is 19.0. The lowest BCUT2D eigenvalue weighted by Gasteiger charge is -2.28. The smallest absolute Gasteiger partial charge is 0.246 e. The molecule has 2 fully saturated rings. The zero-order valence-corrected chi connectivity index (χ0v) is 19.7. The first-order valence-electron chi connectivity index (χ1n) is 11.2. The van der Waals surface area contributed by atoms with Crippen LogP contribution in [0.1, 0.15) is 37.3 Å². The van der Waals surface area contributed by atoms with E-state index in [0.717, 1.165) is 0 Å².